The van der Waals surface area contributed by atoms with Crippen LogP contribution in [0.3, 0.4) is 0 Å². The average molecular weight is 280 g/mol. The first-order valence-corrected chi connectivity index (χ1v) is 6.51. The molecule has 20 heavy (non-hydrogen) atoms. The van der Waals surface area contributed by atoms with E-state index in [1.807, 2.05) is 4.90 Å². The number of nitrogens with one attached hydrogen (secondary N) is 1. The average Bonchev–Trinajstić information content (AvgIpc) is 3.00. The number of nitrogens with two attached hydrogens (primary N) is 1. The molecule has 0 aromatic carbocycles. The van der Waals surface area contributed by atoms with Crippen LogP contribution in [-0.2, 0) is 0 Å². The summed E-state index contributed by atoms with van der Waals surface area (Å²) in [6.07, 6.45) is 2.59. The zero-order valence-electron chi connectivity index (χ0n) is 10.8. The summed E-state index contributed by atoms with van der Waals surface area (Å²) in [5.41, 5.74) is 2.15. The molecule has 0 bridgehead atoms. The lowest BCUT2D eigenvalue weighted by atomic mass is 10.00. The van der Waals surface area contributed by atoms with Crippen molar-refractivity contribution in [1.82, 2.24) is 9.97 Å². The predicted octanol–water partition coefficient (Wildman–Crippen LogP) is -0.122. The smallest absolute Gasteiger partial charge is 0.329 e. The Bertz CT molecular complexity index is 539. The van der Waals surface area contributed by atoms with Gasteiger partial charge in [0.1, 0.15) is 6.20 Å². The number of nitrogen functional groups attached to an aromatic ring is 1. The molecule has 0 radical (unpaired) electrons. The predicted molar refractivity (Wildman–Crippen MR) is 70.9 cm³/mol. The lowest BCUT2D eigenvalue weighted by molar-refractivity contribution is -0.384. The van der Waals surface area contributed by atoms with E-state index in [0.717, 1.165) is 19.0 Å². The lowest BCUT2D eigenvalue weighted by Gasteiger charge is -2.19. The van der Waals surface area contributed by atoms with E-state index in [0.29, 0.717) is 19.0 Å². The number of nitro groups is 1. The Hall–Kier alpha value is -2.00. The van der Waals surface area contributed by atoms with Crippen LogP contribution in [0.15, 0.2) is 6.20 Å². The highest BCUT2D eigenvalue weighted by Crippen LogP contribution is 2.41. The van der Waals surface area contributed by atoms with Crippen LogP contribution in [0, 0.1) is 22.0 Å². The number of aliphatic hydroxyl groups is 1. The summed E-state index contributed by atoms with van der Waals surface area (Å²) in [5, 5.41) is 21.0. The van der Waals surface area contributed by atoms with Crippen LogP contribution in [0.2, 0.25) is 0 Å². The quantitative estimate of drug-likeness (QED) is 0.397. The van der Waals surface area contributed by atoms with Gasteiger partial charge < -0.3 is 10.0 Å². The van der Waals surface area contributed by atoms with Crippen LogP contribution in [0.25, 0.3) is 0 Å². The van der Waals surface area contributed by atoms with Gasteiger partial charge in [-0.15, -0.1) is 0 Å². The summed E-state index contributed by atoms with van der Waals surface area (Å²) < 4.78 is 0. The third-order valence-corrected chi connectivity index (χ3v) is 4.19. The maximum absolute atomic E-state index is 11.1. The largest absolute Gasteiger partial charge is 0.393 e. The highest BCUT2D eigenvalue weighted by Gasteiger charge is 2.43. The zero-order valence-corrected chi connectivity index (χ0v) is 10.8. The molecule has 3 atom stereocenters. The summed E-state index contributed by atoms with van der Waals surface area (Å²) in [7, 11) is 0. The minimum atomic E-state index is -0.500. The minimum Gasteiger partial charge on any atom is -0.393 e. The number of rotatable bonds is 3. The molecular weight excluding hydrogens is 264 g/mol. The van der Waals surface area contributed by atoms with Gasteiger partial charge in [0.15, 0.2) is 0 Å². The van der Waals surface area contributed by atoms with E-state index < -0.39 is 4.92 Å². The lowest BCUT2D eigenvalue weighted by Crippen LogP contribution is -2.26. The first kappa shape index (κ1) is 13.0. The van der Waals surface area contributed by atoms with Crippen molar-refractivity contribution < 1.29 is 10.0 Å². The SMILES string of the molecule is NNc1ncc([N+](=O)[O-])c(N2CC3CCC(O)C3C2)n1. The fourth-order valence-electron chi connectivity index (χ4n) is 3.21. The third kappa shape index (κ3) is 2.04. The molecule has 3 unspecified atom stereocenters. The Morgan fingerprint density at radius 1 is 1.50 bits per heavy atom. The van der Waals surface area contributed by atoms with E-state index in [1.54, 1.807) is 0 Å². The van der Waals surface area contributed by atoms with E-state index in [2.05, 4.69) is 15.4 Å². The third-order valence-electron chi connectivity index (χ3n) is 4.19. The normalized spacial score (nSPS) is 28.5. The first-order valence-electron chi connectivity index (χ1n) is 6.51. The van der Waals surface area contributed by atoms with Gasteiger partial charge in [0.05, 0.1) is 11.0 Å². The molecule has 2 fully saturated rings. The van der Waals surface area contributed by atoms with Crippen LogP contribution in [-0.4, -0.2) is 39.2 Å². The van der Waals surface area contributed by atoms with Crippen molar-refractivity contribution in [2.75, 3.05) is 23.4 Å². The van der Waals surface area contributed by atoms with Crippen molar-refractivity contribution >= 4 is 17.5 Å². The van der Waals surface area contributed by atoms with E-state index in [-0.39, 0.29) is 29.5 Å². The molecule has 4 N–H and O–H groups in total. The van der Waals surface area contributed by atoms with Crippen LogP contribution in [0.4, 0.5) is 17.5 Å². The number of aliphatic hydroxyl groups excluding tert-OH is 1. The Labute approximate surface area is 114 Å². The number of anilines is 2. The molecule has 108 valence electrons. The topological polar surface area (TPSA) is 130 Å². The van der Waals surface area contributed by atoms with Gasteiger partial charge in [-0.2, -0.15) is 4.98 Å². The summed E-state index contributed by atoms with van der Waals surface area (Å²) >= 11 is 0. The number of aromatic nitrogens is 2. The second-order valence-corrected chi connectivity index (χ2v) is 5.28. The van der Waals surface area contributed by atoms with E-state index in [1.165, 1.54) is 0 Å². The van der Waals surface area contributed by atoms with Crippen molar-refractivity contribution in [3.63, 3.8) is 0 Å². The van der Waals surface area contributed by atoms with Gasteiger partial charge in [-0.3, -0.25) is 15.5 Å². The Kier molecular flexibility index (Phi) is 3.14. The second kappa shape index (κ2) is 4.84. The standard InChI is InChI=1S/C11H16N6O3/c12-15-11-13-3-8(17(19)20)10(14-11)16-4-6-1-2-9(18)7(6)5-16/h3,6-7,9,18H,1-2,4-5,12H2,(H,13,14,15). The molecule has 1 aliphatic carbocycles. The van der Waals surface area contributed by atoms with Gasteiger partial charge >= 0.3 is 5.69 Å². The fourth-order valence-corrected chi connectivity index (χ4v) is 3.21. The van der Waals surface area contributed by atoms with Gasteiger partial charge in [-0.05, 0) is 18.8 Å². The molecule has 0 amide bonds. The molecule has 1 saturated heterocycles. The molecule has 1 aromatic heterocycles. The molecule has 9 nitrogen and oxygen atoms in total. The van der Waals surface area contributed by atoms with Crippen molar-refractivity contribution in [2.45, 2.75) is 18.9 Å². The van der Waals surface area contributed by atoms with Crippen molar-refractivity contribution in [2.24, 2.45) is 17.7 Å². The molecular formula is C11H16N6O3. The number of hydrazine groups is 1. The zero-order chi connectivity index (χ0) is 14.3. The van der Waals surface area contributed by atoms with Crippen LogP contribution in [0.5, 0.6) is 0 Å². The highest BCUT2D eigenvalue weighted by atomic mass is 16.6. The maximum Gasteiger partial charge on any atom is 0.329 e. The Balaban J connectivity index is 1.91. The van der Waals surface area contributed by atoms with Gasteiger partial charge in [0.25, 0.3) is 0 Å². The summed E-state index contributed by atoms with van der Waals surface area (Å²) in [5.74, 6) is 6.19. The number of fused-ring (bicyclic) bond motifs is 1. The highest BCUT2D eigenvalue weighted by molar-refractivity contribution is 5.59. The van der Waals surface area contributed by atoms with Crippen molar-refractivity contribution in [3.8, 4) is 0 Å². The number of nitrogens with zero attached hydrogens (tertiary/aromatic N) is 4. The summed E-state index contributed by atoms with van der Waals surface area (Å²) in [6, 6.07) is 0. The van der Waals surface area contributed by atoms with E-state index in [4.69, 9.17) is 5.84 Å². The van der Waals surface area contributed by atoms with Gasteiger partial charge in [-0.25, -0.2) is 10.8 Å². The minimum absolute atomic E-state index is 0.140. The molecule has 3 rings (SSSR count). The monoisotopic (exact) mass is 280 g/mol. The summed E-state index contributed by atoms with van der Waals surface area (Å²) in [6.45, 7) is 1.25. The first-order chi connectivity index (χ1) is 9.60. The van der Waals surface area contributed by atoms with Crippen molar-refractivity contribution in [3.05, 3.63) is 16.3 Å². The van der Waals surface area contributed by atoms with Gasteiger partial charge in [-0.1, -0.05) is 0 Å². The molecule has 9 heteroatoms. The van der Waals surface area contributed by atoms with Crippen LogP contribution < -0.4 is 16.2 Å². The van der Waals surface area contributed by atoms with Gasteiger partial charge in [0.2, 0.25) is 11.8 Å². The molecule has 2 heterocycles. The van der Waals surface area contributed by atoms with Crippen molar-refractivity contribution in [1.29, 1.82) is 0 Å². The molecule has 1 aromatic rings. The second-order valence-electron chi connectivity index (χ2n) is 5.28. The number of hydrogen-bond donors (Lipinski definition) is 3. The van der Waals surface area contributed by atoms with Crippen LogP contribution >= 0.6 is 0 Å². The summed E-state index contributed by atoms with van der Waals surface area (Å²) in [4.78, 5) is 20.3. The number of hydrogen-bond acceptors (Lipinski definition) is 8. The molecule has 2 aliphatic rings. The maximum atomic E-state index is 11.1. The fraction of sp³-hybridized carbons (Fsp3) is 0.636. The molecule has 1 aliphatic heterocycles. The molecule has 1 saturated carbocycles. The van der Waals surface area contributed by atoms with E-state index >= 15 is 0 Å². The molecule has 0 spiro atoms. The van der Waals surface area contributed by atoms with E-state index in [9.17, 15) is 15.2 Å². The van der Waals surface area contributed by atoms with Crippen LogP contribution in [0.1, 0.15) is 12.8 Å². The Morgan fingerprint density at radius 3 is 2.95 bits per heavy atom. The van der Waals surface area contributed by atoms with Gasteiger partial charge in [0, 0.05) is 19.0 Å². The Morgan fingerprint density at radius 2 is 2.30 bits per heavy atom.